The van der Waals surface area contributed by atoms with Gasteiger partial charge in [-0.2, -0.15) is 28.2 Å². The molecular formula is C30H29ClF3N7O5. The van der Waals surface area contributed by atoms with E-state index in [1.54, 1.807) is 32.9 Å². The van der Waals surface area contributed by atoms with Gasteiger partial charge in [-0.05, 0) is 57.2 Å². The average Bonchev–Trinajstić information content (AvgIpc) is 3.33. The Labute approximate surface area is 266 Å². The van der Waals surface area contributed by atoms with Crippen LogP contribution in [-0.2, 0) is 17.5 Å². The van der Waals surface area contributed by atoms with E-state index in [2.05, 4.69) is 10.1 Å². The Morgan fingerprint density at radius 2 is 1.78 bits per heavy atom. The number of nitrogens with zero attached hydrogens (tertiary/aromatic N) is 7. The highest BCUT2D eigenvalue weighted by molar-refractivity contribution is 6.30. The lowest BCUT2D eigenvalue weighted by molar-refractivity contribution is -0.138. The van der Waals surface area contributed by atoms with Crippen molar-refractivity contribution in [1.82, 2.24) is 29.1 Å². The number of rotatable bonds is 7. The van der Waals surface area contributed by atoms with Crippen molar-refractivity contribution in [2.45, 2.75) is 39.1 Å². The third-order valence-corrected chi connectivity index (χ3v) is 6.69. The number of carbonyl (C=O) groups is 2. The summed E-state index contributed by atoms with van der Waals surface area (Å²) in [5.41, 5.74) is -2.84. The van der Waals surface area contributed by atoms with Crippen LogP contribution in [0.4, 0.5) is 22.8 Å². The summed E-state index contributed by atoms with van der Waals surface area (Å²) in [5, 5.41) is 14.0. The fourth-order valence-corrected chi connectivity index (χ4v) is 4.44. The molecule has 0 aliphatic carbocycles. The molecule has 0 atom stereocenters. The number of amides is 2. The van der Waals surface area contributed by atoms with Gasteiger partial charge in [-0.1, -0.05) is 11.6 Å². The summed E-state index contributed by atoms with van der Waals surface area (Å²) >= 11 is 5.97. The van der Waals surface area contributed by atoms with Crippen LogP contribution in [0.1, 0.15) is 37.6 Å². The Bertz CT molecular complexity index is 1890. The fraction of sp³-hybridized carbons (Fsp3) is 0.333. The van der Waals surface area contributed by atoms with E-state index in [1.807, 2.05) is 6.07 Å². The summed E-state index contributed by atoms with van der Waals surface area (Å²) in [6, 6.07) is 8.69. The summed E-state index contributed by atoms with van der Waals surface area (Å²) < 4.78 is 54.4. The van der Waals surface area contributed by atoms with Gasteiger partial charge >= 0.3 is 18.3 Å². The number of aromatic nitrogens is 4. The van der Waals surface area contributed by atoms with Gasteiger partial charge in [0.15, 0.2) is 5.65 Å². The van der Waals surface area contributed by atoms with Crippen LogP contribution in [0.3, 0.4) is 0 Å². The summed E-state index contributed by atoms with van der Waals surface area (Å²) in [4.78, 5) is 46.0. The van der Waals surface area contributed by atoms with Crippen molar-refractivity contribution < 1.29 is 32.2 Å². The maximum atomic E-state index is 13.9. The predicted octanol–water partition coefficient (Wildman–Crippen LogP) is 5.74. The SMILES string of the molecule is CN(CCN(C)C(=O)n1nc(Cn2ccc(C(F)(F)F)c(Oc3cc(Cl)cc(C#N)c3)c2=O)c2cccnc21)C(=O)OC(C)(C)C. The minimum atomic E-state index is -4.95. The molecule has 0 aliphatic heterocycles. The van der Waals surface area contributed by atoms with Crippen molar-refractivity contribution in [3.8, 4) is 17.6 Å². The van der Waals surface area contributed by atoms with Crippen molar-refractivity contribution in [2.24, 2.45) is 0 Å². The van der Waals surface area contributed by atoms with Gasteiger partial charge in [-0.25, -0.2) is 14.6 Å². The first-order valence-corrected chi connectivity index (χ1v) is 14.1. The van der Waals surface area contributed by atoms with Gasteiger partial charge in [-0.3, -0.25) is 4.79 Å². The number of carbonyl (C=O) groups excluding carboxylic acids is 2. The van der Waals surface area contributed by atoms with Gasteiger partial charge in [0.1, 0.15) is 16.9 Å². The Hall–Kier alpha value is -5.10. The molecule has 4 aromatic rings. The summed E-state index contributed by atoms with van der Waals surface area (Å²) in [7, 11) is 3.03. The number of benzene rings is 1. The van der Waals surface area contributed by atoms with Crippen LogP contribution in [0.15, 0.2) is 53.6 Å². The second-order valence-corrected chi connectivity index (χ2v) is 11.7. The number of hydrogen-bond acceptors (Lipinski definition) is 8. The van der Waals surface area contributed by atoms with Crippen LogP contribution in [0, 0.1) is 11.3 Å². The average molecular weight is 660 g/mol. The largest absolute Gasteiger partial charge is 0.451 e. The Morgan fingerprint density at radius 3 is 2.43 bits per heavy atom. The molecule has 0 bridgehead atoms. The molecular weight excluding hydrogens is 631 g/mol. The number of ether oxygens (including phenoxy) is 2. The molecule has 1 aromatic carbocycles. The van der Waals surface area contributed by atoms with Crippen LogP contribution < -0.4 is 10.3 Å². The molecule has 0 aliphatic rings. The fourth-order valence-electron chi connectivity index (χ4n) is 4.22. The molecule has 2 amide bonds. The normalized spacial score (nSPS) is 11.7. The lowest BCUT2D eigenvalue weighted by Gasteiger charge is -2.26. The smallest absolute Gasteiger partial charge is 0.420 e. The molecule has 12 nitrogen and oxygen atoms in total. The Balaban J connectivity index is 1.65. The van der Waals surface area contributed by atoms with E-state index in [9.17, 15) is 32.8 Å². The first-order valence-electron chi connectivity index (χ1n) is 13.7. The number of halogens is 4. The van der Waals surface area contributed by atoms with E-state index >= 15 is 0 Å². The van der Waals surface area contributed by atoms with Crippen molar-refractivity contribution in [1.29, 1.82) is 5.26 Å². The van der Waals surface area contributed by atoms with E-state index in [0.717, 1.165) is 21.5 Å². The molecule has 242 valence electrons. The van der Waals surface area contributed by atoms with E-state index < -0.39 is 40.8 Å². The Kier molecular flexibility index (Phi) is 9.62. The van der Waals surface area contributed by atoms with E-state index in [4.69, 9.17) is 21.1 Å². The maximum Gasteiger partial charge on any atom is 0.420 e. The van der Waals surface area contributed by atoms with Crippen molar-refractivity contribution >= 4 is 34.8 Å². The molecule has 0 fully saturated rings. The molecule has 0 radical (unpaired) electrons. The zero-order valence-corrected chi connectivity index (χ0v) is 26.2. The standard InChI is InChI=1S/C30H29ClF3N7O5/c1-29(2,3)46-28(44)39(5)12-11-38(4)27(43)41-25-21(7-6-9-36-25)23(37-41)17-40-10-8-22(30(32,33)34)24(26(40)42)45-20-14-18(16-35)13-19(31)15-20/h6-10,13-15H,11-12,17H2,1-5H3. The monoisotopic (exact) mass is 659 g/mol. The van der Waals surface area contributed by atoms with Gasteiger partial charge in [0.25, 0.3) is 5.56 Å². The third kappa shape index (κ3) is 7.75. The number of nitriles is 1. The molecule has 0 unspecified atom stereocenters. The summed E-state index contributed by atoms with van der Waals surface area (Å²) in [6.07, 6.45) is -3.13. The van der Waals surface area contributed by atoms with Crippen LogP contribution in [0.2, 0.25) is 5.02 Å². The molecule has 3 aromatic heterocycles. The van der Waals surface area contributed by atoms with Crippen molar-refractivity contribution in [3.63, 3.8) is 0 Å². The van der Waals surface area contributed by atoms with E-state index in [0.29, 0.717) is 11.5 Å². The lowest BCUT2D eigenvalue weighted by Crippen LogP contribution is -2.41. The highest BCUT2D eigenvalue weighted by Gasteiger charge is 2.37. The zero-order chi connectivity index (χ0) is 34.0. The van der Waals surface area contributed by atoms with Gasteiger partial charge in [0.05, 0.1) is 23.9 Å². The van der Waals surface area contributed by atoms with Crippen LogP contribution in [-0.4, -0.2) is 74.0 Å². The van der Waals surface area contributed by atoms with Crippen LogP contribution >= 0.6 is 11.6 Å². The first-order chi connectivity index (χ1) is 21.5. The maximum absolute atomic E-state index is 13.9. The van der Waals surface area contributed by atoms with Crippen molar-refractivity contribution in [3.05, 3.63) is 81.0 Å². The van der Waals surface area contributed by atoms with Gasteiger partial charge in [0.2, 0.25) is 5.75 Å². The molecule has 3 heterocycles. The number of fused-ring (bicyclic) bond motifs is 1. The highest BCUT2D eigenvalue weighted by Crippen LogP contribution is 2.36. The number of alkyl halides is 3. The van der Waals surface area contributed by atoms with Gasteiger partial charge in [0, 0.05) is 50.0 Å². The van der Waals surface area contributed by atoms with Crippen LogP contribution in [0.5, 0.6) is 11.5 Å². The lowest BCUT2D eigenvalue weighted by atomic mass is 10.2. The van der Waals surface area contributed by atoms with Gasteiger partial charge in [-0.15, -0.1) is 0 Å². The number of hydrogen-bond donors (Lipinski definition) is 0. The summed E-state index contributed by atoms with van der Waals surface area (Å²) in [6.45, 7) is 5.11. The molecule has 0 saturated carbocycles. The molecule has 0 saturated heterocycles. The minimum absolute atomic E-state index is 0.0166. The third-order valence-electron chi connectivity index (χ3n) is 6.47. The quantitative estimate of drug-likeness (QED) is 0.245. The second-order valence-electron chi connectivity index (χ2n) is 11.2. The topological polar surface area (TPSA) is 136 Å². The number of likely N-dealkylation sites (N-methyl/N-ethyl adjacent to an activating group) is 2. The zero-order valence-electron chi connectivity index (χ0n) is 25.4. The predicted molar refractivity (Wildman–Crippen MR) is 161 cm³/mol. The van der Waals surface area contributed by atoms with Gasteiger partial charge < -0.3 is 23.8 Å². The molecule has 4 rings (SSSR count). The van der Waals surface area contributed by atoms with E-state index in [-0.39, 0.29) is 47.3 Å². The Morgan fingerprint density at radius 1 is 1.09 bits per heavy atom. The minimum Gasteiger partial charge on any atom is -0.451 e. The van der Waals surface area contributed by atoms with E-state index in [1.165, 1.54) is 42.2 Å². The summed E-state index contributed by atoms with van der Waals surface area (Å²) in [5.74, 6) is -1.28. The van der Waals surface area contributed by atoms with Crippen LogP contribution in [0.25, 0.3) is 11.0 Å². The highest BCUT2D eigenvalue weighted by atomic mass is 35.5. The molecule has 0 N–H and O–H groups in total. The first kappa shape index (κ1) is 33.8. The molecule has 16 heteroatoms. The van der Waals surface area contributed by atoms with Crippen molar-refractivity contribution in [2.75, 3.05) is 27.2 Å². The molecule has 46 heavy (non-hydrogen) atoms. The second kappa shape index (κ2) is 13.1. The molecule has 0 spiro atoms. The number of pyridine rings is 2.